The molecule has 6 nitrogen and oxygen atoms in total. The average molecular weight is 279 g/mol. The van der Waals surface area contributed by atoms with Crippen molar-refractivity contribution >= 4 is 13.6 Å². The first-order chi connectivity index (χ1) is 8.20. The molecule has 0 radical (unpaired) electrons. The Labute approximate surface area is 107 Å². The van der Waals surface area contributed by atoms with E-state index in [4.69, 9.17) is 20.6 Å². The van der Waals surface area contributed by atoms with Gasteiger partial charge in [0.25, 0.3) is 0 Å². The van der Waals surface area contributed by atoms with Crippen LogP contribution in [0.2, 0.25) is 0 Å². The van der Waals surface area contributed by atoms with Gasteiger partial charge in [0.15, 0.2) is 0 Å². The Morgan fingerprint density at radius 1 is 1.39 bits per heavy atom. The van der Waals surface area contributed by atoms with Gasteiger partial charge in [-0.05, 0) is 25.2 Å². The van der Waals surface area contributed by atoms with Crippen LogP contribution in [-0.4, -0.2) is 33.1 Å². The lowest BCUT2D eigenvalue weighted by Crippen LogP contribution is -2.23. The molecule has 0 aromatic rings. The summed E-state index contributed by atoms with van der Waals surface area (Å²) in [6.07, 6.45) is 5.12. The third kappa shape index (κ3) is 11.8. The third-order valence-corrected chi connectivity index (χ3v) is 3.52. The number of carbonyl (C=O) groups is 1. The molecule has 0 heterocycles. The van der Waals surface area contributed by atoms with Gasteiger partial charge in [-0.2, -0.15) is 0 Å². The Balaban J connectivity index is 3.77. The van der Waals surface area contributed by atoms with Gasteiger partial charge in [0, 0.05) is 6.04 Å². The minimum atomic E-state index is -3.96. The van der Waals surface area contributed by atoms with E-state index in [2.05, 4.69) is 0 Å². The second-order valence-electron chi connectivity index (χ2n) is 4.59. The molecule has 2 unspecified atom stereocenters. The van der Waals surface area contributed by atoms with Crippen LogP contribution in [-0.2, 0) is 9.36 Å². The van der Waals surface area contributed by atoms with Gasteiger partial charge in [0.2, 0.25) is 0 Å². The van der Waals surface area contributed by atoms with E-state index in [1.807, 2.05) is 0 Å². The summed E-state index contributed by atoms with van der Waals surface area (Å²) in [7, 11) is -3.96. The lowest BCUT2D eigenvalue weighted by Gasteiger charge is -2.17. The van der Waals surface area contributed by atoms with Crippen LogP contribution in [0.15, 0.2) is 12.2 Å². The molecule has 0 rings (SSSR count). The first-order valence-corrected chi connectivity index (χ1v) is 7.67. The van der Waals surface area contributed by atoms with E-state index >= 15 is 0 Å². The molecule has 106 valence electrons. The number of aliphatic carboxylic acids is 1. The van der Waals surface area contributed by atoms with Crippen molar-refractivity contribution in [3.8, 4) is 0 Å². The smallest absolute Gasteiger partial charge is 0.325 e. The largest absolute Gasteiger partial charge is 0.481 e. The summed E-state index contributed by atoms with van der Waals surface area (Å²) < 4.78 is 10.8. The molecule has 0 amide bonds. The summed E-state index contributed by atoms with van der Waals surface area (Å²) >= 11 is 0. The van der Waals surface area contributed by atoms with Crippen LogP contribution >= 0.6 is 7.60 Å². The second-order valence-corrected chi connectivity index (χ2v) is 6.29. The van der Waals surface area contributed by atoms with E-state index in [0.717, 1.165) is 0 Å². The standard InChI is InChI=1S/C11H22NO5P/c1-9(8-18(15,16)17)7-10(12)5-3-2-4-6-11(13)14/h2,4,9-10H,3,5-8,12H2,1H3,(H,13,14)(H2,15,16,17). The minimum Gasteiger partial charge on any atom is -0.481 e. The van der Waals surface area contributed by atoms with Crippen molar-refractivity contribution in [1.29, 1.82) is 0 Å². The Morgan fingerprint density at radius 3 is 2.50 bits per heavy atom. The van der Waals surface area contributed by atoms with Crippen LogP contribution in [0.5, 0.6) is 0 Å². The molecule has 0 aliphatic carbocycles. The second kappa shape index (κ2) is 8.43. The summed E-state index contributed by atoms with van der Waals surface area (Å²) in [5.74, 6) is -0.991. The van der Waals surface area contributed by atoms with Crippen LogP contribution in [0.25, 0.3) is 0 Å². The van der Waals surface area contributed by atoms with Crippen LogP contribution in [0.4, 0.5) is 0 Å². The predicted octanol–water partition coefficient (Wildman–Crippen LogP) is 1.33. The summed E-state index contributed by atoms with van der Waals surface area (Å²) in [6.45, 7) is 1.76. The monoisotopic (exact) mass is 279 g/mol. The average Bonchev–Trinajstić information content (AvgIpc) is 2.12. The lowest BCUT2D eigenvalue weighted by molar-refractivity contribution is -0.136. The Morgan fingerprint density at radius 2 is 2.00 bits per heavy atom. The van der Waals surface area contributed by atoms with Crippen molar-refractivity contribution in [3.63, 3.8) is 0 Å². The molecule has 0 saturated heterocycles. The Bertz CT molecular complexity index is 325. The number of allylic oxidation sites excluding steroid dienone is 1. The first-order valence-electron chi connectivity index (χ1n) is 5.87. The topological polar surface area (TPSA) is 121 Å². The van der Waals surface area contributed by atoms with Gasteiger partial charge in [-0.15, -0.1) is 0 Å². The maximum absolute atomic E-state index is 10.8. The van der Waals surface area contributed by atoms with Crippen molar-refractivity contribution in [2.75, 3.05) is 6.16 Å². The first kappa shape index (κ1) is 17.3. The molecule has 0 aromatic heterocycles. The van der Waals surface area contributed by atoms with Crippen LogP contribution in [0.3, 0.4) is 0 Å². The summed E-state index contributed by atoms with van der Waals surface area (Å²) in [4.78, 5) is 27.8. The predicted molar refractivity (Wildman–Crippen MR) is 69.3 cm³/mol. The quantitative estimate of drug-likeness (QED) is 0.373. The number of hydrogen-bond acceptors (Lipinski definition) is 3. The van der Waals surface area contributed by atoms with Gasteiger partial charge in [0.1, 0.15) is 0 Å². The minimum absolute atomic E-state index is 0.00382. The number of carboxylic acid groups (broad SMARTS) is 1. The fourth-order valence-corrected chi connectivity index (χ4v) is 2.69. The summed E-state index contributed by atoms with van der Waals surface area (Å²) in [5.41, 5.74) is 5.83. The fourth-order valence-electron chi connectivity index (χ4n) is 1.73. The normalized spacial score (nSPS) is 15.8. The molecule has 0 spiro atoms. The zero-order valence-electron chi connectivity index (χ0n) is 10.5. The van der Waals surface area contributed by atoms with E-state index in [1.165, 1.54) is 0 Å². The number of hydrogen-bond donors (Lipinski definition) is 4. The fraction of sp³-hybridized carbons (Fsp3) is 0.727. The van der Waals surface area contributed by atoms with Crippen molar-refractivity contribution in [3.05, 3.63) is 12.2 Å². The molecule has 0 aromatic carbocycles. The molecule has 0 aliphatic heterocycles. The Kier molecular flexibility index (Phi) is 8.11. The molecular weight excluding hydrogens is 257 g/mol. The van der Waals surface area contributed by atoms with Gasteiger partial charge in [-0.1, -0.05) is 19.1 Å². The SMILES string of the molecule is CC(CC(N)CCC=CCC(=O)O)CP(=O)(O)O. The molecule has 0 fully saturated rings. The zero-order valence-corrected chi connectivity index (χ0v) is 11.4. The van der Waals surface area contributed by atoms with Crippen molar-refractivity contribution in [1.82, 2.24) is 0 Å². The highest BCUT2D eigenvalue weighted by molar-refractivity contribution is 7.51. The van der Waals surface area contributed by atoms with Gasteiger partial charge in [0.05, 0.1) is 12.6 Å². The molecule has 5 N–H and O–H groups in total. The number of rotatable bonds is 9. The highest BCUT2D eigenvalue weighted by Crippen LogP contribution is 2.37. The molecule has 18 heavy (non-hydrogen) atoms. The van der Waals surface area contributed by atoms with Crippen molar-refractivity contribution in [2.24, 2.45) is 11.7 Å². The van der Waals surface area contributed by atoms with E-state index in [1.54, 1.807) is 19.1 Å². The summed E-state index contributed by atoms with van der Waals surface area (Å²) in [5, 5.41) is 8.40. The molecule has 7 heteroatoms. The molecule has 2 atom stereocenters. The van der Waals surface area contributed by atoms with Crippen molar-refractivity contribution < 1.29 is 24.3 Å². The van der Waals surface area contributed by atoms with Gasteiger partial charge in [-0.25, -0.2) is 0 Å². The maximum Gasteiger partial charge on any atom is 0.325 e. The molecule has 0 aliphatic rings. The Hall–Kier alpha value is -0.680. The van der Waals surface area contributed by atoms with E-state index in [0.29, 0.717) is 19.3 Å². The number of nitrogens with two attached hydrogens (primary N) is 1. The zero-order chi connectivity index (χ0) is 14.2. The third-order valence-electron chi connectivity index (χ3n) is 2.42. The van der Waals surface area contributed by atoms with E-state index in [-0.39, 0.29) is 24.5 Å². The number of carboxylic acids is 1. The highest BCUT2D eigenvalue weighted by Gasteiger charge is 2.19. The molecular formula is C11H22NO5P. The van der Waals surface area contributed by atoms with Crippen LogP contribution in [0, 0.1) is 5.92 Å². The maximum atomic E-state index is 10.8. The molecule has 0 bridgehead atoms. The van der Waals surface area contributed by atoms with Gasteiger partial charge < -0.3 is 20.6 Å². The highest BCUT2D eigenvalue weighted by atomic mass is 31.2. The van der Waals surface area contributed by atoms with Gasteiger partial charge >= 0.3 is 13.6 Å². The van der Waals surface area contributed by atoms with Crippen LogP contribution in [0.1, 0.15) is 32.6 Å². The summed E-state index contributed by atoms with van der Waals surface area (Å²) in [6, 6.07) is -0.124. The van der Waals surface area contributed by atoms with E-state index in [9.17, 15) is 9.36 Å². The van der Waals surface area contributed by atoms with Gasteiger partial charge in [-0.3, -0.25) is 9.36 Å². The lowest BCUT2D eigenvalue weighted by atomic mass is 10.0. The van der Waals surface area contributed by atoms with E-state index < -0.39 is 13.6 Å². The van der Waals surface area contributed by atoms with Crippen LogP contribution < -0.4 is 5.73 Å². The molecule has 0 saturated carbocycles. The van der Waals surface area contributed by atoms with Crippen molar-refractivity contribution in [2.45, 2.75) is 38.6 Å².